The number of carboxylic acid groups (broad SMARTS) is 1. The first-order valence-electron chi connectivity index (χ1n) is 8.23. The van der Waals surface area contributed by atoms with Gasteiger partial charge < -0.3 is 18.7 Å². The van der Waals surface area contributed by atoms with Gasteiger partial charge in [-0.15, -0.1) is 0 Å². The summed E-state index contributed by atoms with van der Waals surface area (Å²) in [4.78, 5) is 22.3. The average Bonchev–Trinajstić information content (AvgIpc) is 2.29. The van der Waals surface area contributed by atoms with Crippen LogP contribution in [-0.4, -0.2) is 48.7 Å². The van der Waals surface area contributed by atoms with Gasteiger partial charge in [0.05, 0.1) is 0 Å². The lowest BCUT2D eigenvalue weighted by Gasteiger charge is -2.38. The van der Waals surface area contributed by atoms with E-state index in [4.69, 9.17) is 13.3 Å². The van der Waals surface area contributed by atoms with Crippen LogP contribution in [0.3, 0.4) is 0 Å². The standard InChI is InChI=1S/C15H33NO5Si3/c1-13(15(18)19)12-14(17)16-10-9-11-24(8,20-22(2,3)4)21-23(5,6)7/h12H,9-11H2,1-8H3,(H,16,17)(H,18,19)/b13-12-. The van der Waals surface area contributed by atoms with E-state index in [1.807, 2.05) is 0 Å². The highest BCUT2D eigenvalue weighted by atomic mass is 28.5. The van der Waals surface area contributed by atoms with Crippen molar-refractivity contribution in [1.82, 2.24) is 5.32 Å². The summed E-state index contributed by atoms with van der Waals surface area (Å²) in [6.07, 6.45) is 1.86. The molecule has 0 aromatic heterocycles. The number of rotatable bonds is 10. The van der Waals surface area contributed by atoms with Crippen LogP contribution >= 0.6 is 0 Å². The number of carboxylic acids is 1. The molecule has 0 unspecified atom stereocenters. The SMILES string of the molecule is C/C(=C/C(=O)NCCC[Si](C)(O[Si](C)(C)C)O[Si](C)(C)C)C(=O)O. The van der Waals surface area contributed by atoms with Crippen molar-refractivity contribution in [3.05, 3.63) is 11.6 Å². The lowest BCUT2D eigenvalue weighted by molar-refractivity contribution is -0.133. The van der Waals surface area contributed by atoms with Gasteiger partial charge in [-0.3, -0.25) is 4.79 Å². The summed E-state index contributed by atoms with van der Waals surface area (Å²) in [6.45, 7) is 16.9. The van der Waals surface area contributed by atoms with E-state index in [0.717, 1.165) is 18.5 Å². The van der Waals surface area contributed by atoms with Gasteiger partial charge in [0, 0.05) is 18.2 Å². The van der Waals surface area contributed by atoms with Crippen molar-refractivity contribution in [2.75, 3.05) is 6.54 Å². The summed E-state index contributed by atoms with van der Waals surface area (Å²) in [6, 6.07) is 0.809. The predicted octanol–water partition coefficient (Wildman–Crippen LogP) is 3.30. The molecular formula is C15H33NO5Si3. The van der Waals surface area contributed by atoms with Crippen LogP contribution in [0, 0.1) is 0 Å². The number of nitrogens with one attached hydrogen (secondary N) is 1. The van der Waals surface area contributed by atoms with Gasteiger partial charge in [-0.1, -0.05) is 0 Å². The van der Waals surface area contributed by atoms with Crippen LogP contribution in [0.4, 0.5) is 0 Å². The van der Waals surface area contributed by atoms with Crippen LogP contribution in [0.2, 0.25) is 51.9 Å². The number of carbonyl (C=O) groups excluding carboxylic acids is 1. The average molecular weight is 392 g/mol. The summed E-state index contributed by atoms with van der Waals surface area (Å²) in [5.41, 5.74) is 0.0239. The molecule has 0 saturated heterocycles. The molecule has 0 saturated carbocycles. The smallest absolute Gasteiger partial charge is 0.331 e. The van der Waals surface area contributed by atoms with Crippen molar-refractivity contribution in [2.45, 2.75) is 65.2 Å². The molecule has 0 aliphatic heterocycles. The van der Waals surface area contributed by atoms with Crippen LogP contribution < -0.4 is 5.32 Å². The fourth-order valence-electron chi connectivity index (χ4n) is 2.35. The molecule has 0 fully saturated rings. The molecule has 0 aromatic rings. The summed E-state index contributed by atoms with van der Waals surface area (Å²) >= 11 is 0. The predicted molar refractivity (Wildman–Crippen MR) is 104 cm³/mol. The number of hydrogen-bond donors (Lipinski definition) is 2. The van der Waals surface area contributed by atoms with Crippen molar-refractivity contribution in [3.8, 4) is 0 Å². The molecule has 0 aliphatic carbocycles. The summed E-state index contributed by atoms with van der Waals surface area (Å²) in [5.74, 6) is -1.47. The van der Waals surface area contributed by atoms with Crippen LogP contribution in [-0.2, 0) is 17.8 Å². The molecule has 2 N–H and O–H groups in total. The highest BCUT2D eigenvalue weighted by Crippen LogP contribution is 2.25. The molecule has 1 amide bonds. The molecule has 0 heterocycles. The minimum atomic E-state index is -2.28. The quantitative estimate of drug-likeness (QED) is 0.339. The third-order valence-electron chi connectivity index (χ3n) is 2.84. The van der Waals surface area contributed by atoms with Gasteiger partial charge in [-0.25, -0.2) is 4.79 Å². The van der Waals surface area contributed by atoms with Gasteiger partial charge in [0.25, 0.3) is 0 Å². The first-order chi connectivity index (χ1) is 10.6. The Balaban J connectivity index is 4.61. The molecule has 0 atom stereocenters. The van der Waals surface area contributed by atoms with Gasteiger partial charge in [0.15, 0.2) is 16.6 Å². The second-order valence-corrected chi connectivity index (χ2v) is 20.9. The zero-order valence-corrected chi connectivity index (χ0v) is 19.3. The minimum absolute atomic E-state index is 0.0239. The highest BCUT2D eigenvalue weighted by molar-refractivity contribution is 6.87. The van der Waals surface area contributed by atoms with Gasteiger partial charge >= 0.3 is 14.5 Å². The molecule has 6 nitrogen and oxygen atoms in total. The van der Waals surface area contributed by atoms with E-state index in [2.05, 4.69) is 51.1 Å². The van der Waals surface area contributed by atoms with E-state index in [1.54, 1.807) is 0 Å². The third kappa shape index (κ3) is 11.7. The number of aliphatic carboxylic acids is 1. The van der Waals surface area contributed by atoms with Gasteiger partial charge in [0.2, 0.25) is 5.91 Å². The Hall–Kier alpha value is -0.749. The first-order valence-corrected chi connectivity index (χ1v) is 17.6. The Bertz CT molecular complexity index is 464. The zero-order chi connectivity index (χ0) is 19.2. The monoisotopic (exact) mass is 391 g/mol. The number of carbonyl (C=O) groups is 2. The minimum Gasteiger partial charge on any atom is -0.478 e. The summed E-state index contributed by atoms with van der Waals surface area (Å²) in [5, 5.41) is 11.5. The largest absolute Gasteiger partial charge is 0.478 e. The van der Waals surface area contributed by atoms with E-state index >= 15 is 0 Å². The van der Waals surface area contributed by atoms with Gasteiger partial charge in [-0.05, 0) is 65.2 Å². The van der Waals surface area contributed by atoms with Crippen molar-refractivity contribution >= 4 is 37.1 Å². The summed E-state index contributed by atoms with van der Waals surface area (Å²) in [7, 11) is -5.70. The first kappa shape index (κ1) is 23.3. The summed E-state index contributed by atoms with van der Waals surface area (Å²) < 4.78 is 12.8. The molecule has 24 heavy (non-hydrogen) atoms. The van der Waals surface area contributed by atoms with E-state index in [0.29, 0.717) is 6.54 Å². The Kier molecular flexibility index (Phi) is 8.80. The normalized spacial score (nSPS) is 13.8. The van der Waals surface area contributed by atoms with E-state index < -0.39 is 31.2 Å². The molecule has 0 rings (SSSR count). The van der Waals surface area contributed by atoms with Crippen LogP contribution in [0.15, 0.2) is 11.6 Å². The maximum absolute atomic E-state index is 11.7. The number of amides is 1. The van der Waals surface area contributed by atoms with Crippen molar-refractivity contribution in [2.24, 2.45) is 0 Å². The van der Waals surface area contributed by atoms with Gasteiger partial charge in [-0.2, -0.15) is 0 Å². The molecule has 140 valence electrons. The Morgan fingerprint density at radius 3 is 1.83 bits per heavy atom. The number of hydrogen-bond acceptors (Lipinski definition) is 4. The van der Waals surface area contributed by atoms with Crippen LogP contribution in [0.5, 0.6) is 0 Å². The molecule has 0 aromatic carbocycles. The maximum Gasteiger partial charge on any atom is 0.331 e. The molecule has 0 radical (unpaired) electrons. The fraction of sp³-hybridized carbons (Fsp3) is 0.733. The molecule has 9 heteroatoms. The topological polar surface area (TPSA) is 84.9 Å². The van der Waals surface area contributed by atoms with Gasteiger partial charge in [0.1, 0.15) is 0 Å². The van der Waals surface area contributed by atoms with Crippen molar-refractivity contribution in [1.29, 1.82) is 0 Å². The second-order valence-electron chi connectivity index (χ2n) is 8.09. The van der Waals surface area contributed by atoms with Crippen molar-refractivity contribution in [3.63, 3.8) is 0 Å². The Labute approximate surface area is 149 Å². The van der Waals surface area contributed by atoms with Crippen molar-refractivity contribution < 1.29 is 22.9 Å². The highest BCUT2D eigenvalue weighted by Gasteiger charge is 2.39. The molecular weight excluding hydrogens is 358 g/mol. The fourth-order valence-corrected chi connectivity index (χ4v) is 14.9. The molecule has 0 aliphatic rings. The van der Waals surface area contributed by atoms with Crippen LogP contribution in [0.25, 0.3) is 0 Å². The Morgan fingerprint density at radius 1 is 1.00 bits per heavy atom. The maximum atomic E-state index is 11.7. The van der Waals surface area contributed by atoms with Crippen LogP contribution in [0.1, 0.15) is 13.3 Å². The third-order valence-corrected chi connectivity index (χ3v) is 12.5. The Morgan fingerprint density at radius 2 is 1.46 bits per heavy atom. The molecule has 0 spiro atoms. The second kappa shape index (κ2) is 9.09. The van der Waals surface area contributed by atoms with E-state index in [1.165, 1.54) is 6.92 Å². The lowest BCUT2D eigenvalue weighted by Crippen LogP contribution is -2.52. The van der Waals surface area contributed by atoms with E-state index in [9.17, 15) is 9.59 Å². The zero-order valence-electron chi connectivity index (χ0n) is 16.3. The van der Waals surface area contributed by atoms with E-state index in [-0.39, 0.29) is 11.5 Å². The lowest BCUT2D eigenvalue weighted by atomic mass is 10.3. The molecule has 0 bridgehead atoms.